The molecule has 12 heteroatoms. The lowest BCUT2D eigenvalue weighted by atomic mass is 10.1. The SMILES string of the molecule is CCC(Nc1c(Nc2ccc(Cl)c(S(=O)N(C)OC)c2O)c(=O)c1=O)c1cnccn1. The monoisotopic (exact) mass is 465 g/mol. The number of benzene rings is 1. The van der Waals surface area contributed by atoms with Crippen LogP contribution in [0.3, 0.4) is 0 Å². The zero-order valence-corrected chi connectivity index (χ0v) is 18.5. The van der Waals surface area contributed by atoms with E-state index in [4.69, 9.17) is 16.4 Å². The van der Waals surface area contributed by atoms with Gasteiger partial charge in [-0.15, -0.1) is 4.47 Å². The first-order valence-electron chi connectivity index (χ1n) is 9.14. The van der Waals surface area contributed by atoms with Crippen molar-refractivity contribution in [2.75, 3.05) is 24.8 Å². The fourth-order valence-corrected chi connectivity index (χ4v) is 4.10. The number of anilines is 3. The summed E-state index contributed by atoms with van der Waals surface area (Å²) in [5.41, 5.74) is -0.738. The molecule has 0 aliphatic heterocycles. The number of hydrogen-bond donors (Lipinski definition) is 3. The van der Waals surface area contributed by atoms with E-state index in [9.17, 15) is 18.9 Å². The highest BCUT2D eigenvalue weighted by Gasteiger charge is 2.27. The molecule has 1 aromatic heterocycles. The molecule has 0 spiro atoms. The number of phenols is 1. The Morgan fingerprint density at radius 3 is 2.58 bits per heavy atom. The smallest absolute Gasteiger partial charge is 0.253 e. The minimum absolute atomic E-state index is 0.0261. The summed E-state index contributed by atoms with van der Waals surface area (Å²) in [7, 11) is 0.788. The first-order chi connectivity index (χ1) is 14.8. The third-order valence-corrected chi connectivity index (χ3v) is 6.39. The lowest BCUT2D eigenvalue weighted by Gasteiger charge is -2.22. The van der Waals surface area contributed by atoms with Crippen LogP contribution in [0.15, 0.2) is 45.2 Å². The van der Waals surface area contributed by atoms with Crippen molar-refractivity contribution in [3.63, 3.8) is 0 Å². The number of hydrogen-bond acceptors (Lipinski definition) is 9. The zero-order chi connectivity index (χ0) is 22.7. The molecule has 31 heavy (non-hydrogen) atoms. The number of rotatable bonds is 9. The van der Waals surface area contributed by atoms with Crippen LogP contribution in [-0.4, -0.2) is 37.9 Å². The summed E-state index contributed by atoms with van der Waals surface area (Å²) in [5.74, 6) is -0.435. The average Bonchev–Trinajstić information content (AvgIpc) is 2.79. The highest BCUT2D eigenvalue weighted by molar-refractivity contribution is 7.82. The molecule has 3 aromatic rings. The second-order valence-corrected chi connectivity index (χ2v) is 8.24. The van der Waals surface area contributed by atoms with Crippen molar-refractivity contribution in [3.8, 4) is 5.75 Å². The van der Waals surface area contributed by atoms with Crippen molar-refractivity contribution in [1.29, 1.82) is 0 Å². The molecule has 3 N–H and O–H groups in total. The van der Waals surface area contributed by atoms with Crippen LogP contribution < -0.4 is 21.5 Å². The van der Waals surface area contributed by atoms with E-state index in [1.165, 1.54) is 38.7 Å². The molecule has 3 rings (SSSR count). The van der Waals surface area contributed by atoms with E-state index in [-0.39, 0.29) is 33.0 Å². The molecule has 0 radical (unpaired) electrons. The van der Waals surface area contributed by atoms with E-state index in [0.29, 0.717) is 12.1 Å². The summed E-state index contributed by atoms with van der Waals surface area (Å²) in [5, 5.41) is 16.4. The Labute approximate surface area is 185 Å². The highest BCUT2D eigenvalue weighted by atomic mass is 35.5. The van der Waals surface area contributed by atoms with Gasteiger partial charge >= 0.3 is 0 Å². The third-order valence-electron chi connectivity index (χ3n) is 4.59. The van der Waals surface area contributed by atoms with Gasteiger partial charge in [0.25, 0.3) is 10.9 Å². The molecule has 0 saturated carbocycles. The summed E-state index contributed by atoms with van der Waals surface area (Å²) in [6, 6.07) is 2.47. The number of halogens is 1. The van der Waals surface area contributed by atoms with Crippen LogP contribution in [0, 0.1) is 0 Å². The lowest BCUT2D eigenvalue weighted by Crippen LogP contribution is -2.37. The molecule has 0 fully saturated rings. The van der Waals surface area contributed by atoms with E-state index in [1.54, 1.807) is 6.20 Å². The zero-order valence-electron chi connectivity index (χ0n) is 16.9. The van der Waals surface area contributed by atoms with Gasteiger partial charge in [0, 0.05) is 19.4 Å². The number of phenolic OH excluding ortho intramolecular Hbond substituents is 1. The molecule has 0 bridgehead atoms. The van der Waals surface area contributed by atoms with Crippen LogP contribution in [0.4, 0.5) is 17.1 Å². The van der Waals surface area contributed by atoms with Gasteiger partial charge in [-0.05, 0) is 18.6 Å². The fourth-order valence-electron chi connectivity index (χ4n) is 2.84. The van der Waals surface area contributed by atoms with E-state index in [0.717, 1.165) is 4.47 Å². The summed E-state index contributed by atoms with van der Waals surface area (Å²) in [6.07, 6.45) is 5.21. The molecule has 0 saturated heterocycles. The number of hydroxylamine groups is 1. The first-order valence-corrected chi connectivity index (χ1v) is 10.6. The Kier molecular flexibility index (Phi) is 7.01. The Bertz CT molecular complexity index is 1180. The molecule has 0 aliphatic rings. The van der Waals surface area contributed by atoms with Crippen LogP contribution in [0.2, 0.25) is 5.02 Å². The van der Waals surface area contributed by atoms with Gasteiger partial charge < -0.3 is 15.7 Å². The van der Waals surface area contributed by atoms with Gasteiger partial charge in [0.2, 0.25) is 0 Å². The summed E-state index contributed by atoms with van der Waals surface area (Å²) < 4.78 is 13.5. The topological polar surface area (TPSA) is 134 Å². The van der Waals surface area contributed by atoms with Crippen molar-refractivity contribution in [2.45, 2.75) is 24.3 Å². The minimum atomic E-state index is -1.93. The van der Waals surface area contributed by atoms with Gasteiger partial charge in [0.1, 0.15) is 16.3 Å². The van der Waals surface area contributed by atoms with E-state index in [2.05, 4.69) is 20.6 Å². The largest absolute Gasteiger partial charge is 0.504 e. The van der Waals surface area contributed by atoms with Crippen molar-refractivity contribution in [1.82, 2.24) is 14.4 Å². The summed E-state index contributed by atoms with van der Waals surface area (Å²) in [6.45, 7) is 1.89. The Hall–Kier alpha value is -2.86. The normalized spacial score (nSPS) is 13.3. The van der Waals surface area contributed by atoms with Gasteiger partial charge in [-0.1, -0.05) is 18.5 Å². The number of nitrogens with zero attached hydrogens (tertiary/aromatic N) is 3. The number of aromatic nitrogens is 2. The molecule has 1 heterocycles. The maximum atomic E-state index is 12.5. The van der Waals surface area contributed by atoms with Crippen LogP contribution in [0.25, 0.3) is 0 Å². The Morgan fingerprint density at radius 2 is 1.97 bits per heavy atom. The van der Waals surface area contributed by atoms with Crippen LogP contribution >= 0.6 is 11.6 Å². The average molecular weight is 466 g/mol. The molecular formula is C19H20ClN5O5S. The highest BCUT2D eigenvalue weighted by Crippen LogP contribution is 2.38. The van der Waals surface area contributed by atoms with Crippen LogP contribution in [-0.2, 0) is 15.8 Å². The van der Waals surface area contributed by atoms with E-state index < -0.39 is 27.6 Å². The van der Waals surface area contributed by atoms with Crippen molar-refractivity contribution in [3.05, 3.63) is 61.9 Å². The molecule has 2 atom stereocenters. The van der Waals surface area contributed by atoms with Crippen molar-refractivity contribution < 1.29 is 14.2 Å². The predicted octanol–water partition coefficient (Wildman–Crippen LogP) is 2.25. The molecule has 10 nitrogen and oxygen atoms in total. The number of aromatic hydroxyl groups is 1. The third kappa shape index (κ3) is 4.44. The second kappa shape index (κ2) is 9.52. The van der Waals surface area contributed by atoms with Gasteiger partial charge in [-0.3, -0.25) is 24.4 Å². The van der Waals surface area contributed by atoms with Gasteiger partial charge in [-0.25, -0.2) is 4.21 Å². The van der Waals surface area contributed by atoms with Crippen LogP contribution in [0.1, 0.15) is 25.1 Å². The molecule has 0 aliphatic carbocycles. The minimum Gasteiger partial charge on any atom is -0.504 e. The predicted molar refractivity (Wildman–Crippen MR) is 118 cm³/mol. The molecule has 0 amide bonds. The second-order valence-electron chi connectivity index (χ2n) is 6.41. The summed E-state index contributed by atoms with van der Waals surface area (Å²) in [4.78, 5) is 37.4. The van der Waals surface area contributed by atoms with Crippen molar-refractivity contribution >= 4 is 39.6 Å². The van der Waals surface area contributed by atoms with Crippen molar-refractivity contribution in [2.24, 2.45) is 0 Å². The Balaban J connectivity index is 1.93. The molecule has 2 unspecified atom stereocenters. The maximum absolute atomic E-state index is 12.5. The van der Waals surface area contributed by atoms with Gasteiger partial charge in [0.15, 0.2) is 16.7 Å². The lowest BCUT2D eigenvalue weighted by molar-refractivity contribution is -0.0205. The Morgan fingerprint density at radius 1 is 1.26 bits per heavy atom. The molecule has 164 valence electrons. The maximum Gasteiger partial charge on any atom is 0.253 e. The van der Waals surface area contributed by atoms with E-state index in [1.807, 2.05) is 6.92 Å². The van der Waals surface area contributed by atoms with Crippen LogP contribution in [0.5, 0.6) is 5.75 Å². The summed E-state index contributed by atoms with van der Waals surface area (Å²) >= 11 is 6.10. The van der Waals surface area contributed by atoms with Gasteiger partial charge in [0.05, 0.1) is 35.8 Å². The quantitative estimate of drug-likeness (QED) is 0.247. The number of nitrogens with one attached hydrogen (secondary N) is 2. The fraction of sp³-hybridized carbons (Fsp3) is 0.263. The molecular weight excluding hydrogens is 446 g/mol. The standard InChI is InChI=1S/C19H20ClN5O5S/c1-4-11(13-9-21-7-8-22-13)23-14-15(18(28)17(14)27)24-12-6-5-10(20)19(16(12)26)31(29)25(2)30-3/h5-9,11,23-24,26H,4H2,1-3H3. The first kappa shape index (κ1) is 22.8. The van der Waals surface area contributed by atoms with E-state index >= 15 is 0 Å². The molecule has 2 aromatic carbocycles. The van der Waals surface area contributed by atoms with Gasteiger partial charge in [-0.2, -0.15) is 0 Å².